The van der Waals surface area contributed by atoms with Gasteiger partial charge in [-0.2, -0.15) is 0 Å². The number of carbonyl (C=O) groups excluding carboxylic acids is 1. The molecule has 3 aromatic rings. The molecule has 1 fully saturated rings. The highest BCUT2D eigenvalue weighted by Crippen LogP contribution is 2.21. The summed E-state index contributed by atoms with van der Waals surface area (Å²) in [5.41, 5.74) is 2.39. The monoisotopic (exact) mass is 434 g/mol. The number of rotatable bonds is 8. The van der Waals surface area contributed by atoms with Gasteiger partial charge in [0.05, 0.1) is 25.5 Å². The van der Waals surface area contributed by atoms with Gasteiger partial charge in [-0.05, 0) is 55.5 Å². The van der Waals surface area contributed by atoms with E-state index in [2.05, 4.69) is 20.4 Å². The Hall–Kier alpha value is -3.65. The Balaban J connectivity index is 1.28. The zero-order chi connectivity index (χ0) is 22.2. The van der Waals surface area contributed by atoms with Gasteiger partial charge in [0.25, 0.3) is 5.91 Å². The number of anilines is 2. The molecule has 8 heteroatoms. The Morgan fingerprint density at radius 3 is 2.25 bits per heavy atom. The van der Waals surface area contributed by atoms with Gasteiger partial charge in [0.2, 0.25) is 0 Å². The summed E-state index contributed by atoms with van der Waals surface area (Å²) >= 11 is 0. The fourth-order valence-electron chi connectivity index (χ4n) is 3.31. The number of amides is 1. The standard InChI is InChI=1S/C24H26N4O4/c1-2-31-20-7-9-21(10-8-20)32-17-24(29)25-19-5-3-18(4-6-19)22-11-12-23(27-26-22)28-13-15-30-16-14-28/h3-12H,2,13-17H2,1H3,(H,25,29). The highest BCUT2D eigenvalue weighted by atomic mass is 16.5. The number of benzene rings is 2. The summed E-state index contributed by atoms with van der Waals surface area (Å²) in [5.74, 6) is 2.00. The molecule has 1 aliphatic heterocycles. The van der Waals surface area contributed by atoms with Gasteiger partial charge < -0.3 is 24.4 Å². The average Bonchev–Trinajstić information content (AvgIpc) is 2.85. The van der Waals surface area contributed by atoms with Crippen molar-refractivity contribution in [3.63, 3.8) is 0 Å². The lowest BCUT2D eigenvalue weighted by atomic mass is 10.1. The van der Waals surface area contributed by atoms with E-state index >= 15 is 0 Å². The number of ether oxygens (including phenoxy) is 3. The number of hydrogen-bond donors (Lipinski definition) is 1. The molecule has 8 nitrogen and oxygen atoms in total. The van der Waals surface area contributed by atoms with Crippen LogP contribution < -0.4 is 19.7 Å². The second-order valence-corrected chi connectivity index (χ2v) is 7.19. The van der Waals surface area contributed by atoms with Crippen LogP contribution in [0.4, 0.5) is 11.5 Å². The Morgan fingerprint density at radius 2 is 1.62 bits per heavy atom. The predicted octanol–water partition coefficient (Wildman–Crippen LogP) is 3.40. The summed E-state index contributed by atoms with van der Waals surface area (Å²) in [6.07, 6.45) is 0. The molecule has 0 radical (unpaired) electrons. The van der Waals surface area contributed by atoms with Crippen LogP contribution in [0.15, 0.2) is 60.7 Å². The van der Waals surface area contributed by atoms with E-state index < -0.39 is 0 Å². The van der Waals surface area contributed by atoms with Crippen LogP contribution in [0.2, 0.25) is 0 Å². The molecule has 0 atom stereocenters. The zero-order valence-corrected chi connectivity index (χ0v) is 18.0. The van der Waals surface area contributed by atoms with Crippen molar-refractivity contribution in [2.24, 2.45) is 0 Å². The quantitative estimate of drug-likeness (QED) is 0.582. The van der Waals surface area contributed by atoms with E-state index in [-0.39, 0.29) is 12.5 Å². The van der Waals surface area contributed by atoms with Gasteiger partial charge in [-0.1, -0.05) is 12.1 Å². The number of morpholine rings is 1. The smallest absolute Gasteiger partial charge is 0.262 e. The summed E-state index contributed by atoms with van der Waals surface area (Å²) in [5, 5.41) is 11.5. The Labute approximate surface area is 187 Å². The van der Waals surface area contributed by atoms with Gasteiger partial charge in [0.15, 0.2) is 12.4 Å². The van der Waals surface area contributed by atoms with E-state index in [9.17, 15) is 4.79 Å². The Bertz CT molecular complexity index is 1000. The molecule has 1 N–H and O–H groups in total. The molecule has 32 heavy (non-hydrogen) atoms. The number of aromatic nitrogens is 2. The van der Waals surface area contributed by atoms with E-state index in [0.717, 1.165) is 35.9 Å². The summed E-state index contributed by atoms with van der Waals surface area (Å²) in [7, 11) is 0. The van der Waals surface area contributed by atoms with E-state index in [0.29, 0.717) is 31.3 Å². The van der Waals surface area contributed by atoms with Crippen LogP contribution in [-0.4, -0.2) is 55.6 Å². The van der Waals surface area contributed by atoms with Crippen LogP contribution in [0.25, 0.3) is 11.3 Å². The second-order valence-electron chi connectivity index (χ2n) is 7.19. The molecule has 0 aliphatic carbocycles. The summed E-state index contributed by atoms with van der Waals surface area (Å²) in [4.78, 5) is 14.4. The van der Waals surface area contributed by atoms with E-state index in [1.807, 2.05) is 55.5 Å². The van der Waals surface area contributed by atoms with Crippen molar-refractivity contribution < 1.29 is 19.0 Å². The molecule has 1 saturated heterocycles. The van der Waals surface area contributed by atoms with Crippen LogP contribution in [0.5, 0.6) is 11.5 Å². The van der Waals surface area contributed by atoms with Gasteiger partial charge in [0.1, 0.15) is 11.5 Å². The number of nitrogens with zero attached hydrogens (tertiary/aromatic N) is 3. The maximum Gasteiger partial charge on any atom is 0.262 e. The Morgan fingerprint density at radius 1 is 0.938 bits per heavy atom. The molecule has 1 amide bonds. The number of nitrogens with one attached hydrogen (secondary N) is 1. The fraction of sp³-hybridized carbons (Fsp3) is 0.292. The summed E-state index contributed by atoms with van der Waals surface area (Å²) in [6.45, 7) is 5.52. The molecule has 0 bridgehead atoms. The second kappa shape index (κ2) is 10.6. The van der Waals surface area contributed by atoms with Gasteiger partial charge in [-0.15, -0.1) is 10.2 Å². The molecule has 2 heterocycles. The first-order valence-electron chi connectivity index (χ1n) is 10.6. The molecule has 0 spiro atoms. The highest BCUT2D eigenvalue weighted by Gasteiger charge is 2.13. The summed E-state index contributed by atoms with van der Waals surface area (Å²) in [6, 6.07) is 18.6. The van der Waals surface area contributed by atoms with Crippen molar-refractivity contribution in [2.45, 2.75) is 6.92 Å². The van der Waals surface area contributed by atoms with Crippen molar-refractivity contribution in [1.82, 2.24) is 10.2 Å². The van der Waals surface area contributed by atoms with Crippen LogP contribution >= 0.6 is 0 Å². The predicted molar refractivity (Wildman–Crippen MR) is 122 cm³/mol. The van der Waals surface area contributed by atoms with Gasteiger partial charge in [0, 0.05) is 24.3 Å². The van der Waals surface area contributed by atoms with Crippen LogP contribution in [0, 0.1) is 0 Å². The fourth-order valence-corrected chi connectivity index (χ4v) is 3.31. The third-order valence-corrected chi connectivity index (χ3v) is 4.95. The minimum absolute atomic E-state index is 0.0792. The normalized spacial score (nSPS) is 13.5. The maximum atomic E-state index is 12.2. The van der Waals surface area contributed by atoms with Crippen molar-refractivity contribution >= 4 is 17.4 Å². The van der Waals surface area contributed by atoms with E-state index in [1.165, 1.54) is 0 Å². The molecular weight excluding hydrogens is 408 g/mol. The molecule has 1 aliphatic rings. The lowest BCUT2D eigenvalue weighted by Gasteiger charge is -2.27. The highest BCUT2D eigenvalue weighted by molar-refractivity contribution is 5.92. The lowest BCUT2D eigenvalue weighted by Crippen LogP contribution is -2.36. The maximum absolute atomic E-state index is 12.2. The van der Waals surface area contributed by atoms with Gasteiger partial charge in [-0.3, -0.25) is 4.79 Å². The first-order chi connectivity index (χ1) is 15.7. The van der Waals surface area contributed by atoms with Crippen molar-refractivity contribution in [2.75, 3.05) is 49.7 Å². The Kier molecular flexibility index (Phi) is 7.14. The zero-order valence-electron chi connectivity index (χ0n) is 18.0. The molecule has 166 valence electrons. The van der Waals surface area contributed by atoms with Crippen molar-refractivity contribution in [3.05, 3.63) is 60.7 Å². The third-order valence-electron chi connectivity index (χ3n) is 4.95. The minimum atomic E-state index is -0.235. The van der Waals surface area contributed by atoms with Crippen molar-refractivity contribution in [3.8, 4) is 22.8 Å². The summed E-state index contributed by atoms with van der Waals surface area (Å²) < 4.78 is 16.3. The van der Waals surface area contributed by atoms with Crippen LogP contribution in [0.1, 0.15) is 6.92 Å². The molecule has 0 unspecified atom stereocenters. The number of carbonyl (C=O) groups is 1. The lowest BCUT2D eigenvalue weighted by molar-refractivity contribution is -0.118. The van der Waals surface area contributed by atoms with Crippen molar-refractivity contribution in [1.29, 1.82) is 0 Å². The first-order valence-corrected chi connectivity index (χ1v) is 10.6. The SMILES string of the molecule is CCOc1ccc(OCC(=O)Nc2ccc(-c3ccc(N4CCOCC4)nn3)cc2)cc1. The average molecular weight is 434 g/mol. The largest absolute Gasteiger partial charge is 0.494 e. The number of hydrogen-bond acceptors (Lipinski definition) is 7. The van der Waals surface area contributed by atoms with Gasteiger partial charge in [-0.25, -0.2) is 0 Å². The molecule has 2 aromatic carbocycles. The topological polar surface area (TPSA) is 85.8 Å². The molecular formula is C24H26N4O4. The molecule has 1 aromatic heterocycles. The van der Waals surface area contributed by atoms with E-state index in [1.54, 1.807) is 12.1 Å². The first kappa shape index (κ1) is 21.6. The molecule has 0 saturated carbocycles. The molecule has 4 rings (SSSR count). The van der Waals surface area contributed by atoms with Crippen LogP contribution in [0.3, 0.4) is 0 Å². The van der Waals surface area contributed by atoms with E-state index in [4.69, 9.17) is 14.2 Å². The minimum Gasteiger partial charge on any atom is -0.494 e. The van der Waals surface area contributed by atoms with Crippen LogP contribution in [-0.2, 0) is 9.53 Å². The third kappa shape index (κ3) is 5.73. The van der Waals surface area contributed by atoms with Gasteiger partial charge >= 0.3 is 0 Å².